The molecule has 3 rings (SSSR count). The highest BCUT2D eigenvalue weighted by atomic mass is 19.4. The van der Waals surface area contributed by atoms with Crippen LogP contribution >= 0.6 is 0 Å². The van der Waals surface area contributed by atoms with Crippen molar-refractivity contribution >= 4 is 5.97 Å². The third kappa shape index (κ3) is 9.08. The number of carbonyl (C=O) groups is 1. The summed E-state index contributed by atoms with van der Waals surface area (Å²) in [6.45, 7) is 6.15. The summed E-state index contributed by atoms with van der Waals surface area (Å²) in [4.78, 5) is 12.1. The van der Waals surface area contributed by atoms with Gasteiger partial charge < -0.3 is 9.84 Å². The molecule has 0 saturated heterocycles. The van der Waals surface area contributed by atoms with E-state index in [4.69, 9.17) is 4.74 Å². The van der Waals surface area contributed by atoms with Crippen molar-refractivity contribution in [3.05, 3.63) is 89.0 Å². The molecule has 0 radical (unpaired) electrons. The van der Waals surface area contributed by atoms with E-state index in [2.05, 4.69) is 0 Å². The van der Waals surface area contributed by atoms with Crippen molar-refractivity contribution < 1.29 is 36.6 Å². The number of alkyl halides is 3. The van der Waals surface area contributed by atoms with Gasteiger partial charge in [0, 0.05) is 6.07 Å². The van der Waals surface area contributed by atoms with E-state index in [9.17, 15) is 31.9 Å². The number of halogens is 5. The second kappa shape index (κ2) is 13.1. The third-order valence-electron chi connectivity index (χ3n) is 6.50. The van der Waals surface area contributed by atoms with E-state index in [1.807, 2.05) is 20.8 Å². The first-order valence-electron chi connectivity index (χ1n) is 12.9. The quantitative estimate of drug-likeness (QED) is 0.182. The van der Waals surface area contributed by atoms with Gasteiger partial charge in [0.05, 0.1) is 18.1 Å². The molecule has 3 aromatic rings. The van der Waals surface area contributed by atoms with Gasteiger partial charge in [-0.1, -0.05) is 39.0 Å². The van der Waals surface area contributed by atoms with Crippen LogP contribution in [0.4, 0.5) is 22.0 Å². The van der Waals surface area contributed by atoms with E-state index < -0.39 is 35.3 Å². The molecule has 2 unspecified atom stereocenters. The molecule has 2 atom stereocenters. The molecule has 0 saturated carbocycles. The molecular formula is C31H33F5O3. The Morgan fingerprint density at radius 2 is 1.54 bits per heavy atom. The molecule has 210 valence electrons. The minimum absolute atomic E-state index is 0.109. The highest BCUT2D eigenvalue weighted by Gasteiger charge is 2.30. The Kier molecular flexibility index (Phi) is 10.1. The van der Waals surface area contributed by atoms with Gasteiger partial charge in [-0.3, -0.25) is 4.79 Å². The van der Waals surface area contributed by atoms with Gasteiger partial charge in [0.1, 0.15) is 17.4 Å². The van der Waals surface area contributed by atoms with Crippen LogP contribution in [0.3, 0.4) is 0 Å². The smallest absolute Gasteiger partial charge is 0.416 e. The molecule has 0 heterocycles. The molecule has 0 aliphatic rings. The zero-order valence-corrected chi connectivity index (χ0v) is 22.2. The van der Waals surface area contributed by atoms with E-state index in [0.717, 1.165) is 24.6 Å². The molecule has 0 aliphatic carbocycles. The van der Waals surface area contributed by atoms with Crippen LogP contribution in [0.5, 0.6) is 5.75 Å². The Labute approximate surface area is 225 Å². The van der Waals surface area contributed by atoms with E-state index in [-0.39, 0.29) is 11.8 Å². The molecule has 3 nitrogen and oxygen atoms in total. The van der Waals surface area contributed by atoms with Crippen LogP contribution in [-0.2, 0) is 17.4 Å². The molecule has 0 bridgehead atoms. The largest absolute Gasteiger partial charge is 0.494 e. The van der Waals surface area contributed by atoms with Crippen molar-refractivity contribution in [3.8, 4) is 16.9 Å². The lowest BCUT2D eigenvalue weighted by molar-refractivity contribution is -0.139. The Morgan fingerprint density at radius 1 is 0.897 bits per heavy atom. The van der Waals surface area contributed by atoms with Crippen LogP contribution in [0, 0.1) is 23.5 Å². The molecule has 3 aromatic carbocycles. The lowest BCUT2D eigenvalue weighted by Gasteiger charge is -2.19. The molecule has 39 heavy (non-hydrogen) atoms. The minimum Gasteiger partial charge on any atom is -0.494 e. The third-order valence-corrected chi connectivity index (χ3v) is 6.50. The van der Waals surface area contributed by atoms with Gasteiger partial charge in [-0.2, -0.15) is 13.2 Å². The highest BCUT2D eigenvalue weighted by Crippen LogP contribution is 2.35. The van der Waals surface area contributed by atoms with E-state index in [0.29, 0.717) is 53.9 Å². The van der Waals surface area contributed by atoms with E-state index in [1.165, 1.54) is 24.3 Å². The molecule has 1 N–H and O–H groups in total. The summed E-state index contributed by atoms with van der Waals surface area (Å²) in [5, 5.41) is 9.87. The standard InChI is InChI=1S/C31H33F5O3/c1-19(2)11-29(30(37)38)24-15-23(22-6-8-25(9-7-22)31(34,35)36)16-28(17-24)39-10-4-5-20(3)12-21-13-26(32)18-27(33)14-21/h6-9,13-20,29H,4-5,10-12H2,1-3H3,(H,37,38). The van der Waals surface area contributed by atoms with Gasteiger partial charge >= 0.3 is 12.1 Å². The van der Waals surface area contributed by atoms with Crippen LogP contribution in [0.25, 0.3) is 11.1 Å². The monoisotopic (exact) mass is 548 g/mol. The molecular weight excluding hydrogens is 515 g/mol. The second-order valence-corrected chi connectivity index (χ2v) is 10.5. The summed E-state index contributed by atoms with van der Waals surface area (Å²) in [5.74, 6) is -2.32. The number of carboxylic acid groups (broad SMARTS) is 1. The van der Waals surface area contributed by atoms with Crippen LogP contribution in [0.1, 0.15) is 62.6 Å². The summed E-state index contributed by atoms with van der Waals surface area (Å²) in [6, 6.07) is 13.3. The van der Waals surface area contributed by atoms with E-state index >= 15 is 0 Å². The summed E-state index contributed by atoms with van der Waals surface area (Å²) in [5.41, 5.74) is 1.41. The van der Waals surface area contributed by atoms with E-state index in [1.54, 1.807) is 18.2 Å². The number of rotatable bonds is 12. The number of hydrogen-bond acceptors (Lipinski definition) is 2. The fourth-order valence-corrected chi connectivity index (χ4v) is 4.63. The summed E-state index contributed by atoms with van der Waals surface area (Å²) in [6.07, 6.45) is -2.18. The predicted molar refractivity (Wildman–Crippen MR) is 141 cm³/mol. The van der Waals surface area contributed by atoms with Gasteiger partial charge in [-0.25, -0.2) is 8.78 Å². The molecule has 8 heteroatoms. The Balaban J connectivity index is 1.76. The maximum atomic E-state index is 13.5. The highest BCUT2D eigenvalue weighted by molar-refractivity contribution is 5.78. The zero-order chi connectivity index (χ0) is 28.7. The van der Waals surface area contributed by atoms with Crippen LogP contribution in [-0.4, -0.2) is 17.7 Å². The van der Waals surface area contributed by atoms with Crippen molar-refractivity contribution in [1.29, 1.82) is 0 Å². The maximum absolute atomic E-state index is 13.5. The first-order chi connectivity index (χ1) is 18.3. The average Bonchev–Trinajstić information content (AvgIpc) is 2.83. The summed E-state index contributed by atoms with van der Waals surface area (Å²) >= 11 is 0. The zero-order valence-electron chi connectivity index (χ0n) is 22.2. The average molecular weight is 549 g/mol. The number of benzene rings is 3. The number of aliphatic carboxylic acids is 1. The van der Waals surface area contributed by atoms with Crippen molar-refractivity contribution in [1.82, 2.24) is 0 Å². The normalized spacial score (nSPS) is 13.4. The van der Waals surface area contributed by atoms with Gasteiger partial charge in [0.15, 0.2) is 0 Å². The lowest BCUT2D eigenvalue weighted by Crippen LogP contribution is -2.14. The first kappa shape index (κ1) is 30.1. The van der Waals surface area contributed by atoms with Crippen molar-refractivity contribution in [2.45, 2.75) is 58.5 Å². The molecule has 0 aromatic heterocycles. The molecule has 0 aliphatic heterocycles. The number of hydrogen-bond donors (Lipinski definition) is 1. The molecule has 0 amide bonds. The Hall–Kier alpha value is -3.42. The van der Waals surface area contributed by atoms with Crippen LogP contribution in [0.2, 0.25) is 0 Å². The minimum atomic E-state index is -4.46. The van der Waals surface area contributed by atoms with Crippen LogP contribution < -0.4 is 4.74 Å². The van der Waals surface area contributed by atoms with Gasteiger partial charge in [-0.15, -0.1) is 0 Å². The number of ether oxygens (including phenoxy) is 1. The number of carboxylic acids is 1. The fraction of sp³-hybridized carbons (Fsp3) is 0.387. The molecule has 0 fully saturated rings. The summed E-state index contributed by atoms with van der Waals surface area (Å²) < 4.78 is 72.0. The SMILES string of the molecule is CC(C)CC(C(=O)O)c1cc(OCCCC(C)Cc2cc(F)cc(F)c2)cc(-c2ccc(C(F)(F)F)cc2)c1. The van der Waals surface area contributed by atoms with Gasteiger partial charge in [-0.05, 0) is 96.2 Å². The second-order valence-electron chi connectivity index (χ2n) is 10.5. The Morgan fingerprint density at radius 3 is 2.10 bits per heavy atom. The van der Waals surface area contributed by atoms with Crippen molar-refractivity contribution in [3.63, 3.8) is 0 Å². The topological polar surface area (TPSA) is 46.5 Å². The Bertz CT molecular complexity index is 1230. The first-order valence-corrected chi connectivity index (χ1v) is 12.9. The van der Waals surface area contributed by atoms with Gasteiger partial charge in [0.2, 0.25) is 0 Å². The molecule has 0 spiro atoms. The van der Waals surface area contributed by atoms with Gasteiger partial charge in [0.25, 0.3) is 0 Å². The summed E-state index contributed by atoms with van der Waals surface area (Å²) in [7, 11) is 0. The maximum Gasteiger partial charge on any atom is 0.416 e. The lowest BCUT2D eigenvalue weighted by atomic mass is 9.88. The fourth-order valence-electron chi connectivity index (χ4n) is 4.63. The van der Waals surface area contributed by atoms with Crippen molar-refractivity contribution in [2.75, 3.05) is 6.61 Å². The predicted octanol–water partition coefficient (Wildman–Crippen LogP) is 8.90. The van der Waals surface area contributed by atoms with Crippen molar-refractivity contribution in [2.24, 2.45) is 11.8 Å². The van der Waals surface area contributed by atoms with Crippen LogP contribution in [0.15, 0.2) is 60.7 Å².